The summed E-state index contributed by atoms with van der Waals surface area (Å²) in [5, 5.41) is 16.3. The van der Waals surface area contributed by atoms with E-state index in [2.05, 4.69) is 9.97 Å². The van der Waals surface area contributed by atoms with Gasteiger partial charge < -0.3 is 25.0 Å². The number of aromatic nitrogens is 2. The highest BCUT2D eigenvalue weighted by atomic mass is 16.6. The quantitative estimate of drug-likeness (QED) is 0.358. The summed E-state index contributed by atoms with van der Waals surface area (Å²) in [5.41, 5.74) is 8.06. The Morgan fingerprint density at radius 1 is 0.919 bits per heavy atom. The van der Waals surface area contributed by atoms with Gasteiger partial charge in [0.05, 0.1) is 18.5 Å². The summed E-state index contributed by atoms with van der Waals surface area (Å²) in [6.07, 6.45) is 1.11. The molecule has 1 aliphatic heterocycles. The number of carbonyl (C=O) groups excluding carboxylic acids is 2. The van der Waals surface area contributed by atoms with Crippen LogP contribution in [0.5, 0.6) is 0 Å². The molecule has 3 aromatic rings. The maximum absolute atomic E-state index is 12.9. The van der Waals surface area contributed by atoms with Gasteiger partial charge in [-0.2, -0.15) is 0 Å². The van der Waals surface area contributed by atoms with Gasteiger partial charge in [0, 0.05) is 42.9 Å². The van der Waals surface area contributed by atoms with Crippen molar-refractivity contribution in [3.8, 4) is 11.3 Å². The predicted molar refractivity (Wildman–Crippen MR) is 138 cm³/mol. The van der Waals surface area contributed by atoms with Crippen LogP contribution < -0.4 is 5.73 Å². The lowest BCUT2D eigenvalue weighted by Gasteiger charge is -2.34. The predicted octanol–water partition coefficient (Wildman–Crippen LogP) is 3.01. The number of anilines is 1. The van der Waals surface area contributed by atoms with Gasteiger partial charge >= 0.3 is 6.09 Å². The lowest BCUT2D eigenvalue weighted by atomic mass is 10.1. The minimum absolute atomic E-state index is 0.00312. The molecule has 4 N–H and O–H groups in total. The average molecular weight is 502 g/mol. The molecule has 0 saturated carbocycles. The number of nitrogens with two attached hydrogens (primary N) is 1. The van der Waals surface area contributed by atoms with Gasteiger partial charge in [-0.3, -0.25) is 15.6 Å². The Morgan fingerprint density at radius 2 is 1.57 bits per heavy atom. The molecule has 1 aromatic heterocycles. The van der Waals surface area contributed by atoms with Gasteiger partial charge in [0.1, 0.15) is 0 Å². The second-order valence-corrected chi connectivity index (χ2v) is 8.17. The van der Waals surface area contributed by atoms with E-state index in [1.165, 1.54) is 6.20 Å². The van der Waals surface area contributed by atoms with E-state index in [0.29, 0.717) is 55.2 Å². The molecule has 11 nitrogen and oxygen atoms in total. The van der Waals surface area contributed by atoms with Crippen LogP contribution in [0.1, 0.15) is 28.5 Å². The minimum atomic E-state index is -0.394. The fourth-order valence-corrected chi connectivity index (χ4v) is 3.78. The van der Waals surface area contributed by atoms with Crippen LogP contribution in [0.25, 0.3) is 11.3 Å². The van der Waals surface area contributed by atoms with Gasteiger partial charge in [-0.25, -0.2) is 14.8 Å². The van der Waals surface area contributed by atoms with Crippen molar-refractivity contribution in [3.05, 3.63) is 77.6 Å². The van der Waals surface area contributed by atoms with Crippen molar-refractivity contribution >= 4 is 29.6 Å². The number of rotatable bonds is 5. The van der Waals surface area contributed by atoms with E-state index < -0.39 is 5.90 Å². The van der Waals surface area contributed by atoms with Gasteiger partial charge in [-0.1, -0.05) is 30.3 Å². The summed E-state index contributed by atoms with van der Waals surface area (Å²) in [6, 6.07) is 15.6. The first kappa shape index (κ1) is 25.3. The molecule has 0 aliphatic carbocycles. The Balaban J connectivity index is 1.43. The van der Waals surface area contributed by atoms with E-state index in [0.717, 1.165) is 0 Å². The summed E-state index contributed by atoms with van der Waals surface area (Å²) >= 11 is 0. The molecule has 1 fully saturated rings. The zero-order chi connectivity index (χ0) is 26.4. The van der Waals surface area contributed by atoms with Crippen LogP contribution in [0, 0.1) is 10.8 Å². The summed E-state index contributed by atoms with van der Waals surface area (Å²) in [4.78, 5) is 36.6. The Morgan fingerprint density at radius 3 is 2.22 bits per heavy atom. The van der Waals surface area contributed by atoms with Crippen LogP contribution in [0.4, 0.5) is 10.6 Å². The van der Waals surface area contributed by atoms with E-state index in [1.54, 1.807) is 65.3 Å². The van der Waals surface area contributed by atoms with Crippen molar-refractivity contribution in [2.45, 2.75) is 6.92 Å². The highest BCUT2D eigenvalue weighted by molar-refractivity contribution is 6.05. The molecule has 37 heavy (non-hydrogen) atoms. The third-order valence-corrected chi connectivity index (χ3v) is 5.78. The number of piperazine rings is 1. The Bertz CT molecular complexity index is 1300. The highest BCUT2D eigenvalue weighted by Gasteiger charge is 2.25. The molecule has 190 valence electrons. The SMILES string of the molecule is CCOC(=O)N1CCN(C(=O)c2ccc(-c3cnc(N)c(C(=N)OC(=N)c4ccccc4)n3)cc2)CC1. The maximum atomic E-state index is 12.9. The number of benzene rings is 2. The van der Waals surface area contributed by atoms with Crippen LogP contribution >= 0.6 is 0 Å². The molecule has 0 atom stereocenters. The largest absolute Gasteiger partial charge is 0.450 e. The fraction of sp³-hybridized carbons (Fsp3) is 0.231. The van der Waals surface area contributed by atoms with E-state index in [4.69, 9.17) is 26.0 Å². The van der Waals surface area contributed by atoms with Crippen molar-refractivity contribution < 1.29 is 19.1 Å². The van der Waals surface area contributed by atoms with Crippen LogP contribution in [-0.4, -0.2) is 76.3 Å². The Labute approximate surface area is 213 Å². The molecule has 11 heteroatoms. The highest BCUT2D eigenvalue weighted by Crippen LogP contribution is 2.21. The van der Waals surface area contributed by atoms with Gasteiger partial charge in [0.2, 0.25) is 11.8 Å². The standard InChI is InChI=1S/C26H27N7O4/c1-2-36-26(35)33-14-12-32(13-15-33)25(34)19-10-8-17(9-11-19)20-16-30-22(27)21(31-20)24(29)37-23(28)18-6-4-3-5-7-18/h3-11,16,28-29H,2,12-15H2,1H3,(H2,27,30). The van der Waals surface area contributed by atoms with Gasteiger partial charge in [0.25, 0.3) is 5.91 Å². The van der Waals surface area contributed by atoms with Crippen LogP contribution in [0.15, 0.2) is 60.8 Å². The van der Waals surface area contributed by atoms with E-state index in [9.17, 15) is 9.59 Å². The van der Waals surface area contributed by atoms with Crippen LogP contribution in [0.2, 0.25) is 0 Å². The second-order valence-electron chi connectivity index (χ2n) is 8.17. The first-order chi connectivity index (χ1) is 17.9. The van der Waals surface area contributed by atoms with E-state index in [1.807, 2.05) is 6.07 Å². The monoisotopic (exact) mass is 501 g/mol. The first-order valence-electron chi connectivity index (χ1n) is 11.7. The zero-order valence-electron chi connectivity index (χ0n) is 20.3. The molecule has 0 spiro atoms. The molecule has 0 unspecified atom stereocenters. The van der Waals surface area contributed by atoms with E-state index in [-0.39, 0.29) is 29.4 Å². The average Bonchev–Trinajstić information content (AvgIpc) is 2.93. The van der Waals surface area contributed by atoms with Crippen LogP contribution in [0.3, 0.4) is 0 Å². The Kier molecular flexibility index (Phi) is 7.72. The molecular formula is C26H27N7O4. The molecule has 0 radical (unpaired) electrons. The smallest absolute Gasteiger partial charge is 0.409 e. The van der Waals surface area contributed by atoms with Gasteiger partial charge in [-0.15, -0.1) is 0 Å². The molecule has 2 amide bonds. The van der Waals surface area contributed by atoms with Crippen molar-refractivity contribution in [1.82, 2.24) is 19.8 Å². The van der Waals surface area contributed by atoms with Crippen molar-refractivity contribution in [1.29, 1.82) is 10.8 Å². The molecule has 0 bridgehead atoms. The number of ether oxygens (including phenoxy) is 2. The summed E-state index contributed by atoms with van der Waals surface area (Å²) in [5.74, 6) is -0.727. The second kappa shape index (κ2) is 11.3. The number of amides is 2. The molecular weight excluding hydrogens is 474 g/mol. The topological polar surface area (TPSA) is 159 Å². The van der Waals surface area contributed by atoms with Crippen molar-refractivity contribution in [2.75, 3.05) is 38.5 Å². The minimum Gasteiger partial charge on any atom is -0.450 e. The lowest BCUT2D eigenvalue weighted by molar-refractivity contribution is 0.0570. The number of hydrogen-bond acceptors (Lipinski definition) is 9. The van der Waals surface area contributed by atoms with Gasteiger partial charge in [-0.05, 0) is 31.2 Å². The third kappa shape index (κ3) is 5.89. The van der Waals surface area contributed by atoms with E-state index >= 15 is 0 Å². The number of nitrogen functional groups attached to an aromatic ring is 1. The zero-order valence-corrected chi connectivity index (χ0v) is 20.3. The summed E-state index contributed by atoms with van der Waals surface area (Å²) < 4.78 is 10.4. The number of nitrogens with one attached hydrogen (secondary N) is 2. The molecule has 2 aromatic carbocycles. The molecule has 1 saturated heterocycles. The fourth-order valence-electron chi connectivity index (χ4n) is 3.78. The number of nitrogens with zero attached hydrogens (tertiary/aromatic N) is 4. The first-order valence-corrected chi connectivity index (χ1v) is 11.7. The lowest BCUT2D eigenvalue weighted by Crippen LogP contribution is -2.50. The normalized spacial score (nSPS) is 13.1. The third-order valence-electron chi connectivity index (χ3n) is 5.78. The maximum Gasteiger partial charge on any atom is 0.409 e. The van der Waals surface area contributed by atoms with Crippen molar-refractivity contribution in [3.63, 3.8) is 0 Å². The van der Waals surface area contributed by atoms with Crippen molar-refractivity contribution in [2.24, 2.45) is 0 Å². The number of hydrogen-bond donors (Lipinski definition) is 3. The van der Waals surface area contributed by atoms with Gasteiger partial charge in [0.15, 0.2) is 11.5 Å². The summed E-state index contributed by atoms with van der Waals surface area (Å²) in [7, 11) is 0. The molecule has 4 rings (SSSR count). The molecule has 2 heterocycles. The number of carbonyl (C=O) groups is 2. The Hall–Kier alpha value is -4.80. The van der Waals surface area contributed by atoms with Crippen LogP contribution in [-0.2, 0) is 9.47 Å². The summed E-state index contributed by atoms with van der Waals surface area (Å²) in [6.45, 7) is 3.76. The molecule has 1 aliphatic rings.